The van der Waals surface area contributed by atoms with E-state index in [2.05, 4.69) is 21.3 Å². The first-order valence-electron chi connectivity index (χ1n) is 11.2. The lowest BCUT2D eigenvalue weighted by Gasteiger charge is -2.34. The molecule has 0 atom stereocenters. The highest BCUT2D eigenvalue weighted by Crippen LogP contribution is 2.38. The van der Waals surface area contributed by atoms with Crippen LogP contribution in [0.2, 0.25) is 0 Å². The molecule has 1 N–H and O–H groups in total. The number of piperidine rings is 1. The number of nitrogens with one attached hydrogen (secondary N) is 1. The number of nitriles is 1. The highest BCUT2D eigenvalue weighted by atomic mass is 16.5. The second kappa shape index (κ2) is 10.3. The maximum absolute atomic E-state index is 12.8. The van der Waals surface area contributed by atoms with Crippen molar-refractivity contribution in [3.63, 3.8) is 0 Å². The van der Waals surface area contributed by atoms with E-state index in [0.29, 0.717) is 49.5 Å². The summed E-state index contributed by atoms with van der Waals surface area (Å²) < 4.78 is 16.2. The Morgan fingerprint density at radius 3 is 2.44 bits per heavy atom. The molecule has 0 bridgehead atoms. The fourth-order valence-corrected chi connectivity index (χ4v) is 4.47. The molecule has 0 spiro atoms. The molecule has 1 aliphatic rings. The second-order valence-electron chi connectivity index (χ2n) is 8.15. The highest BCUT2D eigenvalue weighted by Gasteiger charge is 2.28. The fourth-order valence-electron chi connectivity index (χ4n) is 4.47. The molecule has 1 fully saturated rings. The highest BCUT2D eigenvalue weighted by molar-refractivity contribution is 5.96. The molecular weight excluding hydrogens is 432 g/mol. The Labute approximate surface area is 199 Å². The number of rotatable bonds is 7. The molecule has 0 aliphatic carbocycles. The lowest BCUT2D eigenvalue weighted by atomic mass is 9.94. The van der Waals surface area contributed by atoms with E-state index in [4.69, 9.17) is 14.2 Å². The molecule has 2 aromatic carbocycles. The summed E-state index contributed by atoms with van der Waals surface area (Å²) in [7, 11) is 4.79. The normalized spacial score (nSPS) is 13.9. The molecule has 2 heterocycles. The molecular formula is C26H28N4O4. The van der Waals surface area contributed by atoms with Crippen molar-refractivity contribution in [2.45, 2.75) is 19.4 Å². The van der Waals surface area contributed by atoms with Gasteiger partial charge in [-0.15, -0.1) is 0 Å². The van der Waals surface area contributed by atoms with E-state index < -0.39 is 0 Å². The third-order valence-electron chi connectivity index (χ3n) is 6.29. The van der Waals surface area contributed by atoms with Crippen LogP contribution in [0.3, 0.4) is 0 Å². The molecule has 0 unspecified atom stereocenters. The van der Waals surface area contributed by atoms with Gasteiger partial charge < -0.3 is 24.4 Å². The molecule has 4 rings (SSSR count). The lowest BCUT2D eigenvalue weighted by molar-refractivity contribution is -0.125. The van der Waals surface area contributed by atoms with Gasteiger partial charge in [0.1, 0.15) is 11.8 Å². The Balaban J connectivity index is 1.50. The van der Waals surface area contributed by atoms with Crippen LogP contribution in [-0.4, -0.2) is 45.3 Å². The van der Waals surface area contributed by atoms with E-state index in [1.54, 1.807) is 27.5 Å². The number of benzene rings is 2. The quantitative estimate of drug-likeness (QED) is 0.575. The van der Waals surface area contributed by atoms with Crippen LogP contribution in [0, 0.1) is 17.2 Å². The third kappa shape index (κ3) is 4.55. The molecule has 8 heteroatoms. The smallest absolute Gasteiger partial charge is 0.223 e. The van der Waals surface area contributed by atoms with Gasteiger partial charge in [0.05, 0.1) is 38.1 Å². The van der Waals surface area contributed by atoms with Crippen molar-refractivity contribution >= 4 is 22.5 Å². The summed E-state index contributed by atoms with van der Waals surface area (Å²) in [6.07, 6.45) is 2.98. The molecule has 8 nitrogen and oxygen atoms in total. The molecule has 1 saturated heterocycles. The number of carbonyl (C=O) groups is 1. The number of fused-ring (bicyclic) bond motifs is 1. The summed E-state index contributed by atoms with van der Waals surface area (Å²) >= 11 is 0. The van der Waals surface area contributed by atoms with Gasteiger partial charge >= 0.3 is 0 Å². The largest absolute Gasteiger partial charge is 0.496 e. The van der Waals surface area contributed by atoms with E-state index in [9.17, 15) is 10.1 Å². The number of methoxy groups -OCH3 is 3. The number of pyridine rings is 1. The van der Waals surface area contributed by atoms with Crippen molar-refractivity contribution in [2.24, 2.45) is 5.92 Å². The first-order valence-corrected chi connectivity index (χ1v) is 11.2. The van der Waals surface area contributed by atoms with Gasteiger partial charge in [-0.05, 0) is 25.0 Å². The molecule has 3 aromatic rings. The monoisotopic (exact) mass is 460 g/mol. The van der Waals surface area contributed by atoms with Gasteiger partial charge in [-0.1, -0.05) is 18.2 Å². The van der Waals surface area contributed by atoms with Crippen LogP contribution in [0.5, 0.6) is 17.2 Å². The number of ether oxygens (including phenoxy) is 3. The van der Waals surface area contributed by atoms with Gasteiger partial charge in [0.2, 0.25) is 5.91 Å². The minimum absolute atomic E-state index is 0.0389. The summed E-state index contributed by atoms with van der Waals surface area (Å²) in [4.78, 5) is 19.4. The molecule has 1 aliphatic heterocycles. The zero-order valence-corrected chi connectivity index (χ0v) is 19.6. The van der Waals surface area contributed by atoms with Crippen molar-refractivity contribution in [2.75, 3.05) is 39.3 Å². The Bertz CT molecular complexity index is 1230. The molecule has 0 saturated carbocycles. The number of hydrogen-bond donors (Lipinski definition) is 1. The summed E-state index contributed by atoms with van der Waals surface area (Å²) in [5, 5.41) is 13.6. The van der Waals surface area contributed by atoms with Crippen LogP contribution >= 0.6 is 0 Å². The number of amides is 1. The lowest BCUT2D eigenvalue weighted by Crippen LogP contribution is -2.40. The minimum atomic E-state index is -0.0841. The molecule has 1 aromatic heterocycles. The van der Waals surface area contributed by atoms with Crippen molar-refractivity contribution in [3.05, 3.63) is 53.7 Å². The summed E-state index contributed by atoms with van der Waals surface area (Å²) in [5.74, 6) is 1.89. The Kier molecular flexibility index (Phi) is 7.02. The predicted octanol–water partition coefficient (Wildman–Crippen LogP) is 3.67. The SMILES string of the molecule is COc1ccccc1CNC(=O)C1CCN(c2c(C#N)cnc3cc(OC)c(OC)cc23)CC1. The topological polar surface area (TPSA) is 96.7 Å². The van der Waals surface area contributed by atoms with Gasteiger partial charge in [-0.3, -0.25) is 9.78 Å². The first-order chi connectivity index (χ1) is 16.6. The minimum Gasteiger partial charge on any atom is -0.496 e. The van der Waals surface area contributed by atoms with Gasteiger partial charge in [-0.25, -0.2) is 0 Å². The summed E-state index contributed by atoms with van der Waals surface area (Å²) in [6, 6.07) is 13.6. The van der Waals surface area contributed by atoms with Gasteiger partial charge in [0, 0.05) is 48.8 Å². The number of para-hydroxylation sites is 1. The Morgan fingerprint density at radius 1 is 1.09 bits per heavy atom. The van der Waals surface area contributed by atoms with Crippen LogP contribution < -0.4 is 24.4 Å². The van der Waals surface area contributed by atoms with E-state index in [1.807, 2.05) is 36.4 Å². The van der Waals surface area contributed by atoms with Gasteiger partial charge in [0.25, 0.3) is 0 Å². The maximum atomic E-state index is 12.8. The first kappa shape index (κ1) is 23.2. The molecule has 176 valence electrons. The average Bonchev–Trinajstić information content (AvgIpc) is 2.90. The van der Waals surface area contributed by atoms with E-state index in [-0.39, 0.29) is 11.8 Å². The van der Waals surface area contributed by atoms with Crippen molar-refractivity contribution in [1.82, 2.24) is 10.3 Å². The zero-order chi connectivity index (χ0) is 24.1. The van der Waals surface area contributed by atoms with Gasteiger partial charge in [-0.2, -0.15) is 5.26 Å². The summed E-state index contributed by atoms with van der Waals surface area (Å²) in [5.41, 5.74) is 2.99. The number of carbonyl (C=O) groups excluding carboxylic acids is 1. The maximum Gasteiger partial charge on any atom is 0.223 e. The van der Waals surface area contributed by atoms with Crippen molar-refractivity contribution < 1.29 is 19.0 Å². The number of aromatic nitrogens is 1. The standard InChI is InChI=1S/C26H28N4O4/c1-32-22-7-5-4-6-18(22)15-29-26(31)17-8-10-30(11-9-17)25-19(14-27)16-28-21-13-24(34-3)23(33-2)12-20(21)25/h4-7,12-13,16-17H,8-11,15H2,1-3H3,(H,29,31). The number of anilines is 1. The van der Waals surface area contributed by atoms with Crippen LogP contribution in [0.25, 0.3) is 10.9 Å². The van der Waals surface area contributed by atoms with Gasteiger partial charge in [0.15, 0.2) is 11.5 Å². The second-order valence-corrected chi connectivity index (χ2v) is 8.15. The Hall–Kier alpha value is -3.99. The van der Waals surface area contributed by atoms with Crippen LogP contribution in [0.1, 0.15) is 24.0 Å². The van der Waals surface area contributed by atoms with E-state index in [1.165, 1.54) is 0 Å². The van der Waals surface area contributed by atoms with Crippen molar-refractivity contribution in [1.29, 1.82) is 5.26 Å². The molecule has 34 heavy (non-hydrogen) atoms. The average molecular weight is 461 g/mol. The van der Waals surface area contributed by atoms with E-state index >= 15 is 0 Å². The van der Waals surface area contributed by atoms with E-state index in [0.717, 1.165) is 27.9 Å². The third-order valence-corrected chi connectivity index (χ3v) is 6.29. The van der Waals surface area contributed by atoms with Crippen molar-refractivity contribution in [3.8, 4) is 23.3 Å². The van der Waals surface area contributed by atoms with Crippen LogP contribution in [-0.2, 0) is 11.3 Å². The summed E-state index contributed by atoms with van der Waals surface area (Å²) in [6.45, 7) is 1.75. The number of nitrogens with zero attached hydrogens (tertiary/aromatic N) is 3. The fraction of sp³-hybridized carbons (Fsp3) is 0.346. The van der Waals surface area contributed by atoms with Crippen LogP contribution in [0.4, 0.5) is 5.69 Å². The predicted molar refractivity (Wildman–Crippen MR) is 129 cm³/mol. The molecule has 0 radical (unpaired) electrons. The number of hydrogen-bond acceptors (Lipinski definition) is 7. The molecule has 1 amide bonds. The zero-order valence-electron chi connectivity index (χ0n) is 19.6. The Morgan fingerprint density at radius 2 is 1.76 bits per heavy atom. The van der Waals surface area contributed by atoms with Crippen LogP contribution in [0.15, 0.2) is 42.6 Å².